The van der Waals surface area contributed by atoms with Gasteiger partial charge in [-0.05, 0) is 37.3 Å². The molecule has 1 aliphatic carbocycles. The second kappa shape index (κ2) is 5.94. The summed E-state index contributed by atoms with van der Waals surface area (Å²) in [4.78, 5) is 1.37. The van der Waals surface area contributed by atoms with Crippen LogP contribution >= 0.6 is 11.8 Å². The summed E-state index contributed by atoms with van der Waals surface area (Å²) < 4.78 is 5.46. The third kappa shape index (κ3) is 3.63. The van der Waals surface area contributed by atoms with Gasteiger partial charge < -0.3 is 4.74 Å². The Labute approximate surface area is 115 Å². The van der Waals surface area contributed by atoms with Crippen LogP contribution in [0, 0.1) is 12.3 Å². The van der Waals surface area contributed by atoms with E-state index in [4.69, 9.17) is 4.74 Å². The number of thioether (sulfide) groups is 1. The van der Waals surface area contributed by atoms with Crippen molar-refractivity contribution >= 4 is 11.8 Å². The van der Waals surface area contributed by atoms with E-state index in [1.807, 2.05) is 11.8 Å². The summed E-state index contributed by atoms with van der Waals surface area (Å²) in [5.74, 6) is 1.15. The van der Waals surface area contributed by atoms with E-state index < -0.39 is 0 Å². The smallest absolute Gasteiger partial charge is 0.0757 e. The lowest BCUT2D eigenvalue weighted by molar-refractivity contribution is 0.0907. The highest BCUT2D eigenvalue weighted by atomic mass is 32.2. The number of hydrogen-bond acceptors (Lipinski definition) is 2. The van der Waals surface area contributed by atoms with Crippen LogP contribution in [-0.2, 0) is 4.74 Å². The molecule has 1 aromatic rings. The zero-order valence-electron chi connectivity index (χ0n) is 11.5. The van der Waals surface area contributed by atoms with Crippen LogP contribution in [-0.4, -0.2) is 19.0 Å². The van der Waals surface area contributed by atoms with Gasteiger partial charge in [0.05, 0.1) is 6.10 Å². The van der Waals surface area contributed by atoms with E-state index in [1.54, 1.807) is 7.11 Å². The highest BCUT2D eigenvalue weighted by Crippen LogP contribution is 2.38. The zero-order valence-corrected chi connectivity index (χ0v) is 12.3. The molecule has 0 aliphatic heterocycles. The van der Waals surface area contributed by atoms with Crippen molar-refractivity contribution in [2.45, 2.75) is 37.7 Å². The topological polar surface area (TPSA) is 9.23 Å². The minimum Gasteiger partial charge on any atom is -0.377 e. The normalized spacial score (nSPS) is 27.4. The highest BCUT2D eigenvalue weighted by molar-refractivity contribution is 7.99. The van der Waals surface area contributed by atoms with Gasteiger partial charge in [0.1, 0.15) is 0 Å². The minimum absolute atomic E-state index is 0.294. The molecule has 2 heteroatoms. The number of rotatable bonds is 4. The molecule has 0 unspecified atom stereocenters. The summed E-state index contributed by atoms with van der Waals surface area (Å²) in [5, 5.41) is 0. The number of methoxy groups -OCH3 is 1. The molecule has 0 saturated carbocycles. The Hall–Kier alpha value is -0.730. The Morgan fingerprint density at radius 3 is 2.72 bits per heavy atom. The molecule has 2 atom stereocenters. The van der Waals surface area contributed by atoms with Crippen LogP contribution < -0.4 is 0 Å². The number of hydrogen-bond donors (Lipinski definition) is 0. The quantitative estimate of drug-likeness (QED) is 0.585. The van der Waals surface area contributed by atoms with Gasteiger partial charge in [-0.2, -0.15) is 0 Å². The molecule has 0 aromatic heterocycles. The Kier molecular flexibility index (Phi) is 4.52. The number of benzene rings is 1. The Morgan fingerprint density at radius 1 is 1.33 bits per heavy atom. The molecule has 1 aromatic carbocycles. The first kappa shape index (κ1) is 13.7. The Morgan fingerprint density at radius 2 is 2.06 bits per heavy atom. The maximum atomic E-state index is 5.46. The standard InChI is InChI=1S/C16H22OS/c1-13-6-8-15(9-7-13)18-12-16(2)10-4-5-14(11-16)17-3/h4-9,14H,10-12H2,1-3H3/t14-,16+/m1/s1. The number of ether oxygens (including phenoxy) is 1. The van der Waals surface area contributed by atoms with Gasteiger partial charge in [-0.1, -0.05) is 36.8 Å². The van der Waals surface area contributed by atoms with Crippen LogP contribution in [0.3, 0.4) is 0 Å². The predicted octanol–water partition coefficient (Wildman–Crippen LogP) is 4.46. The Bertz CT molecular complexity index is 410. The largest absolute Gasteiger partial charge is 0.377 e. The molecule has 0 heterocycles. The molecule has 98 valence electrons. The average molecular weight is 262 g/mol. The molecule has 2 rings (SSSR count). The lowest BCUT2D eigenvalue weighted by atomic mass is 9.79. The summed E-state index contributed by atoms with van der Waals surface area (Å²) in [5.41, 5.74) is 1.68. The van der Waals surface area contributed by atoms with Crippen LogP contribution in [0.25, 0.3) is 0 Å². The van der Waals surface area contributed by atoms with Crippen molar-refractivity contribution in [3.63, 3.8) is 0 Å². The predicted molar refractivity (Wildman–Crippen MR) is 79.2 cm³/mol. The molecule has 0 bridgehead atoms. The monoisotopic (exact) mass is 262 g/mol. The van der Waals surface area contributed by atoms with E-state index in [9.17, 15) is 0 Å². The number of allylic oxidation sites excluding steroid dienone is 1. The number of aryl methyl sites for hydroxylation is 1. The van der Waals surface area contributed by atoms with Gasteiger partial charge in [0.15, 0.2) is 0 Å². The molecule has 1 nitrogen and oxygen atoms in total. The van der Waals surface area contributed by atoms with Crippen molar-refractivity contribution in [2.24, 2.45) is 5.41 Å². The molecule has 0 spiro atoms. The van der Waals surface area contributed by atoms with Gasteiger partial charge >= 0.3 is 0 Å². The van der Waals surface area contributed by atoms with E-state index in [2.05, 4.69) is 50.3 Å². The Balaban J connectivity index is 1.93. The van der Waals surface area contributed by atoms with Crippen LogP contribution in [0.2, 0.25) is 0 Å². The van der Waals surface area contributed by atoms with Gasteiger partial charge in [0.25, 0.3) is 0 Å². The lowest BCUT2D eigenvalue weighted by Gasteiger charge is -2.34. The van der Waals surface area contributed by atoms with E-state index >= 15 is 0 Å². The van der Waals surface area contributed by atoms with E-state index in [0.29, 0.717) is 11.5 Å². The van der Waals surface area contributed by atoms with Crippen molar-refractivity contribution in [3.05, 3.63) is 42.0 Å². The summed E-state index contributed by atoms with van der Waals surface area (Å²) in [7, 11) is 1.80. The van der Waals surface area contributed by atoms with E-state index in [1.165, 1.54) is 10.5 Å². The van der Waals surface area contributed by atoms with Crippen molar-refractivity contribution in [1.82, 2.24) is 0 Å². The summed E-state index contributed by atoms with van der Waals surface area (Å²) in [6, 6.07) is 8.80. The van der Waals surface area contributed by atoms with Gasteiger partial charge in [-0.15, -0.1) is 11.8 Å². The summed E-state index contributed by atoms with van der Waals surface area (Å²) in [6.45, 7) is 4.49. The fraction of sp³-hybridized carbons (Fsp3) is 0.500. The minimum atomic E-state index is 0.294. The summed E-state index contributed by atoms with van der Waals surface area (Å²) >= 11 is 1.96. The van der Waals surface area contributed by atoms with Gasteiger partial charge in [-0.25, -0.2) is 0 Å². The maximum absolute atomic E-state index is 5.46. The van der Waals surface area contributed by atoms with Gasteiger partial charge in [0, 0.05) is 17.8 Å². The first-order valence-corrected chi connectivity index (χ1v) is 7.49. The van der Waals surface area contributed by atoms with Crippen LogP contribution in [0.5, 0.6) is 0 Å². The zero-order chi connectivity index (χ0) is 13.0. The maximum Gasteiger partial charge on any atom is 0.0757 e. The molecule has 0 fully saturated rings. The van der Waals surface area contributed by atoms with Gasteiger partial charge in [-0.3, -0.25) is 0 Å². The van der Waals surface area contributed by atoms with E-state index in [-0.39, 0.29) is 0 Å². The second-order valence-electron chi connectivity index (χ2n) is 5.52. The molecule has 18 heavy (non-hydrogen) atoms. The highest BCUT2D eigenvalue weighted by Gasteiger charge is 2.29. The first-order chi connectivity index (χ1) is 8.61. The summed E-state index contributed by atoms with van der Waals surface area (Å²) in [6.07, 6.45) is 7.04. The fourth-order valence-corrected chi connectivity index (χ4v) is 3.39. The van der Waals surface area contributed by atoms with Crippen molar-refractivity contribution in [2.75, 3.05) is 12.9 Å². The van der Waals surface area contributed by atoms with Crippen molar-refractivity contribution in [3.8, 4) is 0 Å². The molecule has 0 amide bonds. The molecule has 0 N–H and O–H groups in total. The van der Waals surface area contributed by atoms with Crippen LogP contribution in [0.15, 0.2) is 41.3 Å². The third-order valence-electron chi connectivity index (χ3n) is 3.57. The lowest BCUT2D eigenvalue weighted by Crippen LogP contribution is -2.28. The van der Waals surface area contributed by atoms with Crippen molar-refractivity contribution < 1.29 is 4.74 Å². The molecule has 1 aliphatic rings. The molecular weight excluding hydrogens is 240 g/mol. The van der Waals surface area contributed by atoms with E-state index in [0.717, 1.165) is 18.6 Å². The third-order valence-corrected chi connectivity index (χ3v) is 5.01. The molecule has 0 radical (unpaired) electrons. The van der Waals surface area contributed by atoms with Crippen molar-refractivity contribution in [1.29, 1.82) is 0 Å². The molecular formula is C16H22OS. The van der Waals surface area contributed by atoms with Gasteiger partial charge in [0.2, 0.25) is 0 Å². The second-order valence-corrected chi connectivity index (χ2v) is 6.57. The fourth-order valence-electron chi connectivity index (χ4n) is 2.31. The molecule has 0 saturated heterocycles. The first-order valence-electron chi connectivity index (χ1n) is 6.50. The van der Waals surface area contributed by atoms with Crippen LogP contribution in [0.1, 0.15) is 25.3 Å². The average Bonchev–Trinajstić information content (AvgIpc) is 2.38. The van der Waals surface area contributed by atoms with Crippen LogP contribution in [0.4, 0.5) is 0 Å². The SMILES string of the molecule is CO[C@@H]1C=CC[C@](C)(CSc2ccc(C)cc2)C1.